The van der Waals surface area contributed by atoms with E-state index >= 15 is 0 Å². The molecule has 0 radical (unpaired) electrons. The third-order valence-corrected chi connectivity index (χ3v) is 5.97. The molecule has 114 valence electrons. The number of hydrogen-bond donors (Lipinski definition) is 2. The van der Waals surface area contributed by atoms with Crippen LogP contribution in [0, 0.1) is 6.92 Å². The van der Waals surface area contributed by atoms with Crippen LogP contribution < -0.4 is 15.2 Å². The summed E-state index contributed by atoms with van der Waals surface area (Å²) in [6.07, 6.45) is 0. The van der Waals surface area contributed by atoms with Gasteiger partial charge in [-0.3, -0.25) is 0 Å². The number of hydrogen-bond acceptors (Lipinski definition) is 5. The van der Waals surface area contributed by atoms with Gasteiger partial charge in [0.15, 0.2) is 0 Å². The maximum absolute atomic E-state index is 12.5. The first kappa shape index (κ1) is 16.0. The average Bonchev–Trinajstić information content (AvgIpc) is 2.87. The summed E-state index contributed by atoms with van der Waals surface area (Å²) in [5.74, 6) is 0.654. The number of methoxy groups -OCH3 is 1. The van der Waals surface area contributed by atoms with Crippen molar-refractivity contribution in [2.24, 2.45) is 5.73 Å². The van der Waals surface area contributed by atoms with Crippen LogP contribution in [0.3, 0.4) is 0 Å². The van der Waals surface area contributed by atoms with Gasteiger partial charge in [0.05, 0.1) is 7.11 Å². The fourth-order valence-electron chi connectivity index (χ4n) is 2.08. The van der Waals surface area contributed by atoms with Crippen LogP contribution in [-0.2, 0) is 23.1 Å². The molecule has 0 bridgehead atoms. The molecular weight excluding hydrogens is 308 g/mol. The minimum Gasteiger partial charge on any atom is -0.496 e. The highest BCUT2D eigenvalue weighted by molar-refractivity contribution is 7.89. The van der Waals surface area contributed by atoms with E-state index < -0.39 is 10.0 Å². The Hall–Kier alpha value is -1.41. The van der Waals surface area contributed by atoms with Crippen molar-refractivity contribution < 1.29 is 13.2 Å². The van der Waals surface area contributed by atoms with Crippen LogP contribution in [0.2, 0.25) is 0 Å². The molecular formula is C14H18N2O3S2. The number of nitrogens with two attached hydrogens (primary N) is 1. The van der Waals surface area contributed by atoms with Crippen molar-refractivity contribution in [1.82, 2.24) is 4.72 Å². The van der Waals surface area contributed by atoms with Crippen LogP contribution >= 0.6 is 11.3 Å². The van der Waals surface area contributed by atoms with Gasteiger partial charge < -0.3 is 10.5 Å². The van der Waals surface area contributed by atoms with E-state index in [0.717, 1.165) is 5.56 Å². The normalized spacial score (nSPS) is 11.6. The third kappa shape index (κ3) is 3.44. The SMILES string of the molecule is COc1ccccc1CNS(=O)(=O)c1c(C)csc1CN. The Morgan fingerprint density at radius 3 is 2.71 bits per heavy atom. The molecule has 2 aromatic rings. The largest absolute Gasteiger partial charge is 0.496 e. The zero-order valence-electron chi connectivity index (χ0n) is 11.9. The Balaban J connectivity index is 2.24. The average molecular weight is 326 g/mol. The molecule has 0 spiro atoms. The van der Waals surface area contributed by atoms with E-state index in [4.69, 9.17) is 10.5 Å². The number of rotatable bonds is 6. The van der Waals surface area contributed by atoms with Crippen LogP contribution in [0.5, 0.6) is 5.75 Å². The summed E-state index contributed by atoms with van der Waals surface area (Å²) >= 11 is 1.36. The summed E-state index contributed by atoms with van der Waals surface area (Å²) in [6.45, 7) is 2.16. The number of ether oxygens (including phenoxy) is 1. The zero-order chi connectivity index (χ0) is 15.5. The third-order valence-electron chi connectivity index (χ3n) is 3.09. The van der Waals surface area contributed by atoms with Crippen LogP contribution in [0.1, 0.15) is 16.0 Å². The van der Waals surface area contributed by atoms with Gasteiger partial charge >= 0.3 is 0 Å². The Kier molecular flexibility index (Phi) is 5.00. The molecule has 0 saturated carbocycles. The lowest BCUT2D eigenvalue weighted by Gasteiger charge is -2.11. The van der Waals surface area contributed by atoms with Crippen LogP contribution in [0.25, 0.3) is 0 Å². The number of aryl methyl sites for hydroxylation is 1. The fourth-order valence-corrected chi connectivity index (χ4v) is 4.79. The molecule has 21 heavy (non-hydrogen) atoms. The van der Waals surface area contributed by atoms with Gasteiger partial charge in [-0.1, -0.05) is 18.2 Å². The molecule has 1 aromatic carbocycles. The van der Waals surface area contributed by atoms with Crippen molar-refractivity contribution in [2.75, 3.05) is 7.11 Å². The Morgan fingerprint density at radius 2 is 2.05 bits per heavy atom. The standard InChI is InChI=1S/C14H18N2O3S2/c1-10-9-20-13(7-15)14(10)21(17,18)16-8-11-5-3-4-6-12(11)19-2/h3-6,9,16H,7-8,15H2,1-2H3. The number of benzene rings is 1. The first-order valence-corrected chi connectivity index (χ1v) is 8.74. The van der Waals surface area contributed by atoms with Crippen molar-refractivity contribution in [1.29, 1.82) is 0 Å². The Bertz CT molecular complexity index is 724. The highest BCUT2D eigenvalue weighted by Crippen LogP contribution is 2.27. The molecule has 0 saturated heterocycles. The first-order chi connectivity index (χ1) is 9.99. The zero-order valence-corrected chi connectivity index (χ0v) is 13.6. The molecule has 0 atom stereocenters. The topological polar surface area (TPSA) is 81.4 Å². The number of nitrogens with one attached hydrogen (secondary N) is 1. The van der Waals surface area contributed by atoms with E-state index in [9.17, 15) is 8.42 Å². The van der Waals surface area contributed by atoms with Gasteiger partial charge in [-0.05, 0) is 23.9 Å². The minimum absolute atomic E-state index is 0.172. The summed E-state index contributed by atoms with van der Waals surface area (Å²) in [5.41, 5.74) is 7.11. The van der Waals surface area contributed by atoms with Gasteiger partial charge in [-0.15, -0.1) is 11.3 Å². The van der Waals surface area contributed by atoms with E-state index in [-0.39, 0.29) is 13.1 Å². The van der Waals surface area contributed by atoms with E-state index in [0.29, 0.717) is 21.1 Å². The summed E-state index contributed by atoms with van der Waals surface area (Å²) in [4.78, 5) is 0.963. The highest BCUT2D eigenvalue weighted by Gasteiger charge is 2.22. The van der Waals surface area contributed by atoms with Crippen molar-refractivity contribution in [3.8, 4) is 5.75 Å². The second-order valence-electron chi connectivity index (χ2n) is 4.51. The molecule has 5 nitrogen and oxygen atoms in total. The lowest BCUT2D eigenvalue weighted by atomic mass is 10.2. The van der Waals surface area contributed by atoms with Crippen LogP contribution in [0.4, 0.5) is 0 Å². The van der Waals surface area contributed by atoms with Gasteiger partial charge in [0.1, 0.15) is 10.6 Å². The lowest BCUT2D eigenvalue weighted by Crippen LogP contribution is -2.25. The maximum Gasteiger partial charge on any atom is 0.242 e. The number of thiophene rings is 1. The number of para-hydroxylation sites is 1. The quantitative estimate of drug-likeness (QED) is 0.851. The molecule has 2 rings (SSSR count). The first-order valence-electron chi connectivity index (χ1n) is 6.38. The van der Waals surface area contributed by atoms with Gasteiger partial charge in [-0.25, -0.2) is 13.1 Å². The van der Waals surface area contributed by atoms with E-state index in [1.165, 1.54) is 11.3 Å². The van der Waals surface area contributed by atoms with Crippen molar-refractivity contribution in [3.63, 3.8) is 0 Å². The van der Waals surface area contributed by atoms with E-state index in [1.54, 1.807) is 25.5 Å². The molecule has 1 aromatic heterocycles. The second-order valence-corrected chi connectivity index (χ2v) is 7.18. The Labute approximate surface area is 128 Å². The van der Waals surface area contributed by atoms with Crippen molar-refractivity contribution >= 4 is 21.4 Å². The van der Waals surface area contributed by atoms with Gasteiger partial charge in [0, 0.05) is 23.5 Å². The molecule has 7 heteroatoms. The van der Waals surface area contributed by atoms with E-state index in [2.05, 4.69) is 4.72 Å². The predicted molar refractivity (Wildman–Crippen MR) is 84.0 cm³/mol. The second kappa shape index (κ2) is 6.57. The predicted octanol–water partition coefficient (Wildman–Crippen LogP) is 2.00. The maximum atomic E-state index is 12.5. The van der Waals surface area contributed by atoms with E-state index in [1.807, 2.05) is 18.2 Å². The molecule has 0 unspecified atom stereocenters. The number of sulfonamides is 1. The molecule has 0 amide bonds. The minimum atomic E-state index is -3.59. The monoisotopic (exact) mass is 326 g/mol. The fraction of sp³-hybridized carbons (Fsp3) is 0.286. The smallest absolute Gasteiger partial charge is 0.242 e. The van der Waals surface area contributed by atoms with Crippen LogP contribution in [-0.4, -0.2) is 15.5 Å². The Morgan fingerprint density at radius 1 is 1.33 bits per heavy atom. The molecule has 0 fully saturated rings. The molecule has 3 N–H and O–H groups in total. The summed E-state index contributed by atoms with van der Waals surface area (Å²) in [5, 5.41) is 1.81. The summed E-state index contributed by atoms with van der Waals surface area (Å²) in [7, 11) is -2.03. The molecule has 0 aliphatic rings. The van der Waals surface area contributed by atoms with Crippen molar-refractivity contribution in [2.45, 2.75) is 24.9 Å². The summed E-state index contributed by atoms with van der Waals surface area (Å²) < 4.78 is 32.8. The summed E-state index contributed by atoms with van der Waals surface area (Å²) in [6, 6.07) is 7.30. The molecule has 0 aliphatic carbocycles. The van der Waals surface area contributed by atoms with Gasteiger partial charge in [0.2, 0.25) is 10.0 Å². The molecule has 1 heterocycles. The van der Waals surface area contributed by atoms with Crippen LogP contribution in [0.15, 0.2) is 34.5 Å². The van der Waals surface area contributed by atoms with Crippen molar-refractivity contribution in [3.05, 3.63) is 45.6 Å². The molecule has 0 aliphatic heterocycles. The lowest BCUT2D eigenvalue weighted by molar-refractivity contribution is 0.409. The highest BCUT2D eigenvalue weighted by atomic mass is 32.2. The van der Waals surface area contributed by atoms with Gasteiger partial charge in [0.25, 0.3) is 0 Å². The van der Waals surface area contributed by atoms with Gasteiger partial charge in [-0.2, -0.15) is 0 Å².